The molecule has 0 aliphatic carbocycles. The maximum absolute atomic E-state index is 12.2. The molecule has 4 N–H and O–H groups in total. The lowest BCUT2D eigenvalue weighted by Crippen LogP contribution is -2.23. The number of carbonyl (C=O) groups excluding carboxylic acids is 2. The van der Waals surface area contributed by atoms with Gasteiger partial charge in [-0.05, 0) is 41.2 Å². The minimum Gasteiger partial charge on any atom is -0.366 e. The first-order valence-corrected chi connectivity index (χ1v) is 8.34. The fourth-order valence-corrected chi connectivity index (χ4v) is 3.18. The van der Waals surface area contributed by atoms with Gasteiger partial charge >= 0.3 is 0 Å². The predicted octanol–water partition coefficient (Wildman–Crippen LogP) is 3.88. The molecule has 0 fully saturated rings. The largest absolute Gasteiger partial charge is 0.366 e. The summed E-state index contributed by atoms with van der Waals surface area (Å²) >= 11 is 0. The van der Waals surface area contributed by atoms with Gasteiger partial charge in [0.05, 0.1) is 0 Å². The number of amides is 2. The molecule has 0 bridgehead atoms. The maximum atomic E-state index is 12.2. The van der Waals surface area contributed by atoms with Crippen molar-refractivity contribution >= 4 is 24.2 Å². The van der Waals surface area contributed by atoms with Crippen molar-refractivity contribution in [1.82, 2.24) is 0 Å². The van der Waals surface area contributed by atoms with Crippen LogP contribution in [0.1, 0.15) is 58.5 Å². The quantitative estimate of drug-likeness (QED) is 0.785. The Morgan fingerprint density at radius 1 is 0.880 bits per heavy atom. The second kappa shape index (κ2) is 9.23. The van der Waals surface area contributed by atoms with E-state index in [1.165, 1.54) is 0 Å². The number of hydrogen-bond donors (Lipinski definition) is 2. The molecule has 0 aliphatic heterocycles. The third-order valence-corrected chi connectivity index (χ3v) is 4.14. The molecule has 0 saturated carbocycles. The van der Waals surface area contributed by atoms with Crippen LogP contribution in [0.4, 0.5) is 0 Å². The van der Waals surface area contributed by atoms with Gasteiger partial charge in [0.15, 0.2) is 0 Å². The molecule has 0 saturated heterocycles. The van der Waals surface area contributed by atoms with Crippen LogP contribution in [0.3, 0.4) is 0 Å². The summed E-state index contributed by atoms with van der Waals surface area (Å²) in [5, 5.41) is 0. The average Bonchev–Trinajstić information content (AvgIpc) is 2.55. The van der Waals surface area contributed by atoms with Gasteiger partial charge in [-0.2, -0.15) is 0 Å². The lowest BCUT2D eigenvalue weighted by atomic mass is 9.84. The first-order chi connectivity index (χ1) is 11.5. The third-order valence-electron chi connectivity index (χ3n) is 4.14. The Morgan fingerprint density at radius 2 is 1.44 bits per heavy atom. The minimum absolute atomic E-state index is 0. The zero-order valence-electron chi connectivity index (χ0n) is 14.7. The van der Waals surface area contributed by atoms with Gasteiger partial charge in [0, 0.05) is 11.1 Å². The highest BCUT2D eigenvalue weighted by Gasteiger charge is 2.23. The number of nitrogens with two attached hydrogens (primary N) is 2. The molecular formula is C20H25ClN2O2. The summed E-state index contributed by atoms with van der Waals surface area (Å²) in [4.78, 5) is 24.2. The van der Waals surface area contributed by atoms with Crippen molar-refractivity contribution in [3.8, 4) is 11.1 Å². The molecule has 0 heterocycles. The summed E-state index contributed by atoms with van der Waals surface area (Å²) in [6.45, 7) is 4.06. The SMILES string of the molecule is CCCc1c(C(N)=O)cc(-c2ccccc2)c(CCC)c1C(N)=O.Cl. The van der Waals surface area contributed by atoms with Crippen molar-refractivity contribution in [2.75, 3.05) is 0 Å². The fourth-order valence-electron chi connectivity index (χ4n) is 3.18. The first kappa shape index (κ1) is 20.7. The molecule has 25 heavy (non-hydrogen) atoms. The standard InChI is InChI=1S/C20H24N2O2.ClH/c1-3-8-14-16(13-10-6-5-7-11-13)12-17(19(21)23)15(9-4-2)18(14)20(22)24;/h5-7,10-12H,3-4,8-9H2,1-2H3,(H2,21,23)(H2,22,24);1H. The highest BCUT2D eigenvalue weighted by atomic mass is 35.5. The van der Waals surface area contributed by atoms with Crippen LogP contribution < -0.4 is 11.5 Å². The summed E-state index contributed by atoms with van der Waals surface area (Å²) in [6.07, 6.45) is 3.00. The van der Waals surface area contributed by atoms with Crippen LogP contribution >= 0.6 is 12.4 Å². The summed E-state index contributed by atoms with van der Waals surface area (Å²) in [5.41, 5.74) is 15.6. The van der Waals surface area contributed by atoms with E-state index in [4.69, 9.17) is 11.5 Å². The van der Waals surface area contributed by atoms with Gasteiger partial charge < -0.3 is 11.5 Å². The molecule has 134 valence electrons. The first-order valence-electron chi connectivity index (χ1n) is 8.34. The second-order valence-electron chi connectivity index (χ2n) is 5.90. The van der Waals surface area contributed by atoms with Crippen LogP contribution in [0.2, 0.25) is 0 Å². The molecule has 4 nitrogen and oxygen atoms in total. The van der Waals surface area contributed by atoms with Crippen LogP contribution in [0, 0.1) is 0 Å². The molecule has 5 heteroatoms. The number of hydrogen-bond acceptors (Lipinski definition) is 2. The lowest BCUT2D eigenvalue weighted by molar-refractivity contribution is 0.0998. The van der Waals surface area contributed by atoms with Gasteiger partial charge in [0.1, 0.15) is 0 Å². The van der Waals surface area contributed by atoms with E-state index in [2.05, 4.69) is 6.92 Å². The Labute approximate surface area is 155 Å². The Morgan fingerprint density at radius 3 is 1.92 bits per heavy atom. The molecule has 0 radical (unpaired) electrons. The Bertz CT molecular complexity index is 758. The molecule has 0 atom stereocenters. The zero-order chi connectivity index (χ0) is 17.7. The Hall–Kier alpha value is -2.33. The normalized spacial score (nSPS) is 10.2. The molecule has 0 unspecified atom stereocenters. The molecule has 2 aromatic rings. The van der Waals surface area contributed by atoms with Gasteiger partial charge in [-0.1, -0.05) is 57.0 Å². The molecular weight excluding hydrogens is 336 g/mol. The zero-order valence-corrected chi connectivity index (χ0v) is 15.5. The van der Waals surface area contributed by atoms with Crippen LogP contribution in [0.15, 0.2) is 36.4 Å². The third kappa shape index (κ3) is 4.40. The molecule has 2 amide bonds. The van der Waals surface area contributed by atoms with E-state index in [9.17, 15) is 9.59 Å². The summed E-state index contributed by atoms with van der Waals surface area (Å²) in [7, 11) is 0. The highest BCUT2D eigenvalue weighted by molar-refractivity contribution is 6.04. The van der Waals surface area contributed by atoms with Gasteiger partial charge in [-0.15, -0.1) is 12.4 Å². The van der Waals surface area contributed by atoms with Crippen molar-refractivity contribution < 1.29 is 9.59 Å². The number of rotatable bonds is 7. The number of primary amides is 2. The molecule has 2 rings (SSSR count). The van der Waals surface area contributed by atoms with E-state index in [1.54, 1.807) is 0 Å². The molecule has 0 spiro atoms. The number of halogens is 1. The highest BCUT2D eigenvalue weighted by Crippen LogP contribution is 2.33. The van der Waals surface area contributed by atoms with Crippen molar-refractivity contribution in [2.24, 2.45) is 11.5 Å². The van der Waals surface area contributed by atoms with Crippen LogP contribution in [-0.2, 0) is 12.8 Å². The Kier molecular flexibility index (Phi) is 7.65. The lowest BCUT2D eigenvalue weighted by Gasteiger charge is -2.20. The van der Waals surface area contributed by atoms with E-state index in [-0.39, 0.29) is 12.4 Å². The van der Waals surface area contributed by atoms with E-state index in [1.807, 2.05) is 43.3 Å². The number of benzene rings is 2. The predicted molar refractivity (Wildman–Crippen MR) is 104 cm³/mol. The van der Waals surface area contributed by atoms with E-state index < -0.39 is 11.8 Å². The maximum Gasteiger partial charge on any atom is 0.249 e. The van der Waals surface area contributed by atoms with Gasteiger partial charge in [-0.3, -0.25) is 9.59 Å². The van der Waals surface area contributed by atoms with Crippen LogP contribution in [-0.4, -0.2) is 11.8 Å². The second-order valence-corrected chi connectivity index (χ2v) is 5.90. The van der Waals surface area contributed by atoms with Crippen LogP contribution in [0.5, 0.6) is 0 Å². The van der Waals surface area contributed by atoms with E-state index >= 15 is 0 Å². The van der Waals surface area contributed by atoms with E-state index in [0.717, 1.165) is 36.0 Å². The number of carbonyl (C=O) groups is 2. The van der Waals surface area contributed by atoms with Crippen molar-refractivity contribution in [3.63, 3.8) is 0 Å². The topological polar surface area (TPSA) is 86.2 Å². The summed E-state index contributed by atoms with van der Waals surface area (Å²) in [6, 6.07) is 11.5. The van der Waals surface area contributed by atoms with Crippen molar-refractivity contribution in [1.29, 1.82) is 0 Å². The van der Waals surface area contributed by atoms with Crippen molar-refractivity contribution in [2.45, 2.75) is 39.5 Å². The molecule has 0 aromatic heterocycles. The summed E-state index contributed by atoms with van der Waals surface area (Å²) in [5.74, 6) is -1.02. The summed E-state index contributed by atoms with van der Waals surface area (Å²) < 4.78 is 0. The fraction of sp³-hybridized carbons (Fsp3) is 0.300. The average molecular weight is 361 g/mol. The monoisotopic (exact) mass is 360 g/mol. The van der Waals surface area contributed by atoms with Gasteiger partial charge in [0.2, 0.25) is 11.8 Å². The van der Waals surface area contributed by atoms with Gasteiger partial charge in [0.25, 0.3) is 0 Å². The molecule has 0 aliphatic rings. The van der Waals surface area contributed by atoms with Gasteiger partial charge in [-0.25, -0.2) is 0 Å². The van der Waals surface area contributed by atoms with Crippen LogP contribution in [0.25, 0.3) is 11.1 Å². The smallest absolute Gasteiger partial charge is 0.249 e. The molecule has 2 aromatic carbocycles. The minimum atomic E-state index is -0.527. The van der Waals surface area contributed by atoms with E-state index in [0.29, 0.717) is 23.1 Å². The van der Waals surface area contributed by atoms with Crippen molar-refractivity contribution in [3.05, 3.63) is 58.7 Å². The Balaban J connectivity index is 0.00000312.